The van der Waals surface area contributed by atoms with Crippen molar-refractivity contribution in [3.05, 3.63) is 41.0 Å². The van der Waals surface area contributed by atoms with Gasteiger partial charge in [0, 0.05) is 11.6 Å². The van der Waals surface area contributed by atoms with Gasteiger partial charge < -0.3 is 23.1 Å². The first-order valence-corrected chi connectivity index (χ1v) is 15.5. The van der Waals surface area contributed by atoms with Crippen LogP contribution in [0.15, 0.2) is 34.9 Å². The van der Waals surface area contributed by atoms with E-state index in [2.05, 4.69) is 48.6 Å². The minimum Gasteiger partial charge on any atom is -0.485 e. The van der Waals surface area contributed by atoms with Crippen LogP contribution in [0.2, 0.25) is 23.2 Å². The Morgan fingerprint density at radius 2 is 1.95 bits per heavy atom. The van der Waals surface area contributed by atoms with Crippen molar-refractivity contribution in [1.29, 1.82) is 0 Å². The van der Waals surface area contributed by atoms with Crippen LogP contribution < -0.4 is 14.2 Å². The van der Waals surface area contributed by atoms with Gasteiger partial charge in [0.2, 0.25) is 5.88 Å². The van der Waals surface area contributed by atoms with E-state index in [1.165, 1.54) is 0 Å². The minimum absolute atomic E-state index is 0.0882. The fraction of sp³-hybridized carbons (Fsp3) is 0.407. The summed E-state index contributed by atoms with van der Waals surface area (Å²) in [5, 5.41) is 1.12. The van der Waals surface area contributed by atoms with Crippen LogP contribution >= 0.6 is 11.6 Å². The minimum atomic E-state index is -2.99. The molecule has 1 aliphatic heterocycles. The molecule has 2 aromatic heterocycles. The molecular weight excluding hydrogens is 534 g/mol. The number of hydrogen-bond acceptors (Lipinski definition) is 7. The number of hydrogen-bond donors (Lipinski definition) is 0. The van der Waals surface area contributed by atoms with Gasteiger partial charge in [-0.3, -0.25) is 0 Å². The third-order valence-corrected chi connectivity index (χ3v) is 11.8. The molecule has 2 aromatic carbocycles. The highest BCUT2D eigenvalue weighted by Crippen LogP contribution is 2.46. The molecule has 7 nitrogen and oxygen atoms in total. The lowest BCUT2D eigenvalue weighted by molar-refractivity contribution is -0.0528. The van der Waals surface area contributed by atoms with E-state index in [1.807, 2.05) is 19.1 Å². The van der Waals surface area contributed by atoms with Gasteiger partial charge in [0.15, 0.2) is 31.5 Å². The maximum absolute atomic E-state index is 12.7. The van der Waals surface area contributed by atoms with E-state index in [1.54, 1.807) is 12.1 Å². The van der Waals surface area contributed by atoms with Crippen molar-refractivity contribution < 1.29 is 31.8 Å². The molecule has 11 heteroatoms. The summed E-state index contributed by atoms with van der Waals surface area (Å²) < 4.78 is 54.6. The number of aryl methyl sites for hydroxylation is 1. The Hall–Kier alpha value is -2.95. The Balaban J connectivity index is 1.48. The van der Waals surface area contributed by atoms with Crippen LogP contribution in [0.3, 0.4) is 0 Å². The van der Waals surface area contributed by atoms with Crippen molar-refractivity contribution in [3.8, 4) is 28.7 Å². The van der Waals surface area contributed by atoms with Crippen LogP contribution in [0, 0.1) is 6.92 Å². The van der Waals surface area contributed by atoms with Crippen molar-refractivity contribution in [2.24, 2.45) is 0 Å². The maximum Gasteiger partial charge on any atom is 0.388 e. The molecule has 0 saturated heterocycles. The standard InChI is InChI=1S/C27H29ClF2N2O5Si/c1-14-7-16(23-19(8-14)32-22(11-31-23)37-26(29)30)20-9-17-24(36-20)18(28)10-21-25(17)33-12-15(35-21)13-34-38(5,6)27(2,3)4/h7-11,15,26H,12-13H2,1-6H3/t15-/m1/s1. The van der Waals surface area contributed by atoms with Gasteiger partial charge in [-0.1, -0.05) is 32.4 Å². The molecule has 0 spiro atoms. The molecule has 0 unspecified atom stereocenters. The second-order valence-electron chi connectivity index (χ2n) is 10.9. The molecule has 5 rings (SSSR count). The molecule has 1 aliphatic rings. The smallest absolute Gasteiger partial charge is 0.388 e. The highest BCUT2D eigenvalue weighted by molar-refractivity contribution is 6.74. The number of benzene rings is 2. The van der Waals surface area contributed by atoms with Crippen LogP contribution in [0.1, 0.15) is 26.3 Å². The van der Waals surface area contributed by atoms with Gasteiger partial charge in [-0.05, 0) is 48.8 Å². The zero-order chi connectivity index (χ0) is 27.4. The number of aromatic nitrogens is 2. The summed E-state index contributed by atoms with van der Waals surface area (Å²) in [6.07, 6.45) is 0.894. The first-order valence-electron chi connectivity index (χ1n) is 12.2. The summed E-state index contributed by atoms with van der Waals surface area (Å²) in [5.41, 5.74) is 2.79. The molecule has 0 aliphatic carbocycles. The van der Waals surface area contributed by atoms with E-state index in [4.69, 9.17) is 29.9 Å². The fourth-order valence-electron chi connectivity index (χ4n) is 4.06. The topological polar surface area (TPSA) is 75.8 Å². The molecule has 0 saturated carbocycles. The zero-order valence-electron chi connectivity index (χ0n) is 22.0. The number of fused-ring (bicyclic) bond motifs is 4. The van der Waals surface area contributed by atoms with Crippen LogP contribution in [0.5, 0.6) is 17.4 Å². The molecular formula is C27H29ClF2N2O5Si. The number of alkyl halides is 2. The SMILES string of the molecule is Cc1cc(-c2cc3c4c(cc(Cl)c3o2)O[C@@H](CO[Si](C)(C)C(C)(C)C)CO4)c2ncc(OC(F)F)nc2c1. The Morgan fingerprint density at radius 1 is 1.18 bits per heavy atom. The van der Waals surface area contributed by atoms with Gasteiger partial charge >= 0.3 is 6.61 Å². The van der Waals surface area contributed by atoms with Gasteiger partial charge in [0.05, 0.1) is 34.2 Å². The van der Waals surface area contributed by atoms with E-state index in [9.17, 15) is 8.78 Å². The van der Waals surface area contributed by atoms with Crippen molar-refractivity contribution in [1.82, 2.24) is 9.97 Å². The molecule has 202 valence electrons. The number of nitrogens with zero attached hydrogens (tertiary/aromatic N) is 2. The Morgan fingerprint density at radius 3 is 2.66 bits per heavy atom. The average molecular weight is 563 g/mol. The monoisotopic (exact) mass is 562 g/mol. The molecule has 0 fully saturated rings. The number of rotatable bonds is 6. The number of ether oxygens (including phenoxy) is 3. The van der Waals surface area contributed by atoms with Crippen molar-refractivity contribution >= 4 is 41.9 Å². The summed E-state index contributed by atoms with van der Waals surface area (Å²) in [4.78, 5) is 8.49. The van der Waals surface area contributed by atoms with Gasteiger partial charge in [0.25, 0.3) is 0 Å². The van der Waals surface area contributed by atoms with Gasteiger partial charge in [0.1, 0.15) is 12.4 Å². The van der Waals surface area contributed by atoms with E-state index < -0.39 is 14.9 Å². The van der Waals surface area contributed by atoms with E-state index in [0.29, 0.717) is 63.1 Å². The van der Waals surface area contributed by atoms with Crippen LogP contribution in [-0.4, -0.2) is 44.2 Å². The van der Waals surface area contributed by atoms with Gasteiger partial charge in [-0.25, -0.2) is 9.97 Å². The normalized spacial score (nSPS) is 16.0. The summed E-state index contributed by atoms with van der Waals surface area (Å²) in [5.74, 6) is 1.28. The van der Waals surface area contributed by atoms with E-state index in [-0.39, 0.29) is 17.0 Å². The van der Waals surface area contributed by atoms with Gasteiger partial charge in [-0.2, -0.15) is 8.78 Å². The first kappa shape index (κ1) is 26.6. The van der Waals surface area contributed by atoms with Gasteiger partial charge in [-0.15, -0.1) is 0 Å². The van der Waals surface area contributed by atoms with Crippen molar-refractivity contribution in [2.75, 3.05) is 13.2 Å². The summed E-state index contributed by atoms with van der Waals surface area (Å²) in [7, 11) is -1.94. The quantitative estimate of drug-likeness (QED) is 0.222. The van der Waals surface area contributed by atoms with E-state index >= 15 is 0 Å². The number of halogens is 3. The van der Waals surface area contributed by atoms with Crippen molar-refractivity contribution in [2.45, 2.75) is 58.5 Å². The molecule has 0 N–H and O–H groups in total. The molecule has 1 atom stereocenters. The molecule has 0 radical (unpaired) electrons. The fourth-order valence-corrected chi connectivity index (χ4v) is 5.33. The summed E-state index contributed by atoms with van der Waals surface area (Å²) in [6.45, 7) is 10.6. The second-order valence-corrected chi connectivity index (χ2v) is 16.1. The summed E-state index contributed by atoms with van der Waals surface area (Å²) in [6, 6.07) is 7.13. The lowest BCUT2D eigenvalue weighted by Gasteiger charge is -2.37. The third-order valence-electron chi connectivity index (χ3n) is 7.06. The molecule has 3 heterocycles. The van der Waals surface area contributed by atoms with Crippen LogP contribution in [0.25, 0.3) is 33.3 Å². The van der Waals surface area contributed by atoms with Crippen molar-refractivity contribution in [3.63, 3.8) is 0 Å². The lowest BCUT2D eigenvalue weighted by Crippen LogP contribution is -2.45. The van der Waals surface area contributed by atoms with Crippen LogP contribution in [-0.2, 0) is 4.43 Å². The third kappa shape index (κ3) is 5.04. The van der Waals surface area contributed by atoms with E-state index in [0.717, 1.165) is 11.8 Å². The first-order chi connectivity index (χ1) is 17.8. The predicted octanol–water partition coefficient (Wildman–Crippen LogP) is 7.77. The Bertz CT molecular complexity index is 1520. The Kier molecular flexibility index (Phi) is 6.77. The average Bonchev–Trinajstić information content (AvgIpc) is 3.27. The highest BCUT2D eigenvalue weighted by atomic mass is 35.5. The summed E-state index contributed by atoms with van der Waals surface area (Å²) >= 11 is 6.60. The van der Waals surface area contributed by atoms with Crippen LogP contribution in [0.4, 0.5) is 8.78 Å². The molecule has 0 bridgehead atoms. The lowest BCUT2D eigenvalue weighted by atomic mass is 10.1. The molecule has 0 amide bonds. The molecule has 38 heavy (non-hydrogen) atoms. The zero-order valence-corrected chi connectivity index (χ0v) is 23.8. The predicted molar refractivity (Wildman–Crippen MR) is 144 cm³/mol. The largest absolute Gasteiger partial charge is 0.485 e. The number of furan rings is 1. The second kappa shape index (κ2) is 9.66. The Labute approximate surface area is 225 Å². The maximum atomic E-state index is 12.7. The molecule has 4 aromatic rings. The highest BCUT2D eigenvalue weighted by Gasteiger charge is 2.38.